The Bertz CT molecular complexity index is 1260. The molecule has 5 rings (SSSR count). The Hall–Kier alpha value is -3.19. The lowest BCUT2D eigenvalue weighted by molar-refractivity contribution is -0.118. The molecular weight excluding hydrogens is 468 g/mol. The van der Waals surface area contributed by atoms with Gasteiger partial charge in [-0.25, -0.2) is 4.68 Å². The first-order valence-electron chi connectivity index (χ1n) is 10.5. The molecular formula is C25H23BrN4O2. The molecule has 2 aromatic carbocycles. The molecule has 0 fully saturated rings. The van der Waals surface area contributed by atoms with Crippen LogP contribution < -0.4 is 10.6 Å². The van der Waals surface area contributed by atoms with Gasteiger partial charge in [0.2, 0.25) is 0 Å². The monoisotopic (exact) mass is 490 g/mol. The van der Waals surface area contributed by atoms with Crippen molar-refractivity contribution >= 4 is 39.1 Å². The molecule has 162 valence electrons. The SMILES string of the molecule is CC1(C)CC(=O)C2=C(C1)Nc1c(C(=O)Nc3ccccc3)cnn1[C@H]2c1cccc(Br)c1. The number of hydrogen-bond donors (Lipinski definition) is 2. The molecule has 1 atom stereocenters. The predicted molar refractivity (Wildman–Crippen MR) is 128 cm³/mol. The maximum atomic E-state index is 13.3. The van der Waals surface area contributed by atoms with Crippen LogP contribution in [0.15, 0.2) is 76.5 Å². The number of ketones is 1. The Balaban J connectivity index is 1.61. The minimum Gasteiger partial charge on any atom is -0.343 e. The highest BCUT2D eigenvalue weighted by molar-refractivity contribution is 9.10. The highest BCUT2D eigenvalue weighted by atomic mass is 79.9. The molecule has 2 heterocycles. The number of halogens is 1. The number of nitrogens with zero attached hydrogens (tertiary/aromatic N) is 2. The number of Topliss-reactive ketones (excluding diaryl/α,β-unsaturated/α-hetero) is 1. The number of para-hydroxylation sites is 1. The van der Waals surface area contributed by atoms with Crippen LogP contribution in [-0.4, -0.2) is 21.5 Å². The van der Waals surface area contributed by atoms with Crippen molar-refractivity contribution < 1.29 is 9.59 Å². The number of anilines is 2. The predicted octanol–water partition coefficient (Wildman–Crippen LogP) is 5.56. The fourth-order valence-electron chi connectivity index (χ4n) is 4.58. The third kappa shape index (κ3) is 3.66. The van der Waals surface area contributed by atoms with Gasteiger partial charge in [-0.05, 0) is 41.7 Å². The van der Waals surface area contributed by atoms with Gasteiger partial charge in [-0.1, -0.05) is 60.1 Å². The Labute approximate surface area is 194 Å². The highest BCUT2D eigenvalue weighted by Gasteiger charge is 2.42. The van der Waals surface area contributed by atoms with Crippen LogP contribution in [0.25, 0.3) is 0 Å². The first kappa shape index (κ1) is 20.7. The van der Waals surface area contributed by atoms with E-state index in [4.69, 9.17) is 0 Å². The number of aromatic nitrogens is 2. The molecule has 3 aromatic rings. The minimum atomic E-state index is -0.388. The van der Waals surface area contributed by atoms with Gasteiger partial charge in [0.15, 0.2) is 5.78 Å². The number of allylic oxidation sites excluding steroid dienone is 2. The lowest BCUT2D eigenvalue weighted by atomic mass is 9.73. The zero-order chi connectivity index (χ0) is 22.5. The molecule has 1 aliphatic heterocycles. The Kier molecular flexibility index (Phi) is 5.01. The van der Waals surface area contributed by atoms with E-state index in [0.717, 1.165) is 27.7 Å². The number of nitrogens with one attached hydrogen (secondary N) is 2. The normalized spacial score (nSPS) is 19.1. The lowest BCUT2D eigenvalue weighted by Crippen LogP contribution is -2.37. The Morgan fingerprint density at radius 1 is 1.16 bits per heavy atom. The molecule has 1 amide bonds. The van der Waals surface area contributed by atoms with E-state index < -0.39 is 0 Å². The zero-order valence-electron chi connectivity index (χ0n) is 17.9. The molecule has 1 aliphatic carbocycles. The van der Waals surface area contributed by atoms with E-state index in [1.165, 1.54) is 0 Å². The molecule has 0 radical (unpaired) electrons. The van der Waals surface area contributed by atoms with Crippen molar-refractivity contribution in [2.75, 3.05) is 10.6 Å². The van der Waals surface area contributed by atoms with Crippen molar-refractivity contribution in [3.05, 3.63) is 87.7 Å². The van der Waals surface area contributed by atoms with E-state index in [-0.39, 0.29) is 23.1 Å². The van der Waals surface area contributed by atoms with Crippen molar-refractivity contribution in [3.63, 3.8) is 0 Å². The summed E-state index contributed by atoms with van der Waals surface area (Å²) in [5.41, 5.74) is 3.55. The summed E-state index contributed by atoms with van der Waals surface area (Å²) in [5.74, 6) is 0.473. The fraction of sp³-hybridized carbons (Fsp3) is 0.240. The smallest absolute Gasteiger partial charge is 0.261 e. The largest absolute Gasteiger partial charge is 0.343 e. The Morgan fingerprint density at radius 2 is 1.94 bits per heavy atom. The summed E-state index contributed by atoms with van der Waals surface area (Å²) in [6.07, 6.45) is 2.78. The van der Waals surface area contributed by atoms with Crippen molar-refractivity contribution in [2.24, 2.45) is 5.41 Å². The van der Waals surface area contributed by atoms with Crippen LogP contribution in [0.1, 0.15) is 48.7 Å². The summed E-state index contributed by atoms with van der Waals surface area (Å²) in [4.78, 5) is 26.4. The third-order valence-electron chi connectivity index (χ3n) is 5.94. The van der Waals surface area contributed by atoms with Crippen molar-refractivity contribution in [1.82, 2.24) is 9.78 Å². The first-order valence-corrected chi connectivity index (χ1v) is 11.3. The van der Waals surface area contributed by atoms with E-state index in [1.807, 2.05) is 54.6 Å². The van der Waals surface area contributed by atoms with E-state index >= 15 is 0 Å². The zero-order valence-corrected chi connectivity index (χ0v) is 19.4. The molecule has 0 bridgehead atoms. The summed E-state index contributed by atoms with van der Waals surface area (Å²) in [7, 11) is 0. The van der Waals surface area contributed by atoms with Gasteiger partial charge in [-0.15, -0.1) is 0 Å². The topological polar surface area (TPSA) is 76.0 Å². The molecule has 32 heavy (non-hydrogen) atoms. The molecule has 0 saturated heterocycles. The second-order valence-electron chi connectivity index (χ2n) is 9.09. The highest BCUT2D eigenvalue weighted by Crippen LogP contribution is 2.46. The van der Waals surface area contributed by atoms with Gasteiger partial charge in [0, 0.05) is 27.9 Å². The second kappa shape index (κ2) is 7.74. The molecule has 6 nitrogen and oxygen atoms in total. The van der Waals surface area contributed by atoms with E-state index in [0.29, 0.717) is 23.5 Å². The number of hydrogen-bond acceptors (Lipinski definition) is 4. The maximum Gasteiger partial charge on any atom is 0.261 e. The van der Waals surface area contributed by atoms with Gasteiger partial charge in [0.25, 0.3) is 5.91 Å². The van der Waals surface area contributed by atoms with Crippen LogP contribution in [0.5, 0.6) is 0 Å². The van der Waals surface area contributed by atoms with Crippen LogP contribution in [0.2, 0.25) is 0 Å². The maximum absolute atomic E-state index is 13.3. The standard InChI is InChI=1S/C25H23BrN4O2/c1-25(2)12-19-21(20(31)13-25)22(15-7-6-8-16(26)11-15)30-23(29-19)18(14-27-30)24(32)28-17-9-4-3-5-10-17/h3-11,14,22,29H,12-13H2,1-2H3,(H,28,32)/t22-/m0/s1. The molecule has 0 unspecified atom stereocenters. The average Bonchev–Trinajstić information content (AvgIpc) is 3.15. The molecule has 2 aliphatic rings. The van der Waals surface area contributed by atoms with Gasteiger partial charge in [-0.2, -0.15) is 5.10 Å². The molecule has 1 aromatic heterocycles. The number of carbonyl (C=O) groups excluding carboxylic acids is 2. The molecule has 0 saturated carbocycles. The number of rotatable bonds is 3. The van der Waals surface area contributed by atoms with Crippen molar-refractivity contribution in [1.29, 1.82) is 0 Å². The number of benzene rings is 2. The first-order chi connectivity index (χ1) is 15.3. The van der Waals surface area contributed by atoms with E-state index in [1.54, 1.807) is 10.9 Å². The van der Waals surface area contributed by atoms with Crippen LogP contribution in [0.4, 0.5) is 11.5 Å². The molecule has 0 spiro atoms. The summed E-state index contributed by atoms with van der Waals surface area (Å²) in [6.45, 7) is 4.19. The minimum absolute atomic E-state index is 0.116. The lowest BCUT2D eigenvalue weighted by Gasteiger charge is -2.39. The van der Waals surface area contributed by atoms with Gasteiger partial charge in [-0.3, -0.25) is 9.59 Å². The van der Waals surface area contributed by atoms with Gasteiger partial charge in [0.05, 0.1) is 6.20 Å². The van der Waals surface area contributed by atoms with Crippen LogP contribution in [-0.2, 0) is 4.79 Å². The van der Waals surface area contributed by atoms with Crippen molar-refractivity contribution in [2.45, 2.75) is 32.7 Å². The van der Waals surface area contributed by atoms with Crippen LogP contribution in [0.3, 0.4) is 0 Å². The summed E-state index contributed by atoms with van der Waals surface area (Å²) >= 11 is 3.55. The number of amides is 1. The van der Waals surface area contributed by atoms with Gasteiger partial charge < -0.3 is 10.6 Å². The van der Waals surface area contributed by atoms with Gasteiger partial charge in [0.1, 0.15) is 17.4 Å². The second-order valence-corrected chi connectivity index (χ2v) is 10.0. The fourth-order valence-corrected chi connectivity index (χ4v) is 5.00. The van der Waals surface area contributed by atoms with Crippen LogP contribution >= 0.6 is 15.9 Å². The van der Waals surface area contributed by atoms with Crippen LogP contribution in [0, 0.1) is 5.41 Å². The van der Waals surface area contributed by atoms with E-state index in [2.05, 4.69) is 45.5 Å². The van der Waals surface area contributed by atoms with Gasteiger partial charge >= 0.3 is 0 Å². The third-order valence-corrected chi connectivity index (χ3v) is 6.44. The Morgan fingerprint density at radius 3 is 2.69 bits per heavy atom. The average molecular weight is 491 g/mol. The number of fused-ring (bicyclic) bond motifs is 1. The summed E-state index contributed by atoms with van der Waals surface area (Å²) in [5, 5.41) is 10.9. The molecule has 7 heteroatoms. The van der Waals surface area contributed by atoms with Crippen molar-refractivity contribution in [3.8, 4) is 0 Å². The van der Waals surface area contributed by atoms with E-state index in [9.17, 15) is 9.59 Å². The summed E-state index contributed by atoms with van der Waals surface area (Å²) in [6, 6.07) is 16.8. The number of carbonyl (C=O) groups is 2. The summed E-state index contributed by atoms with van der Waals surface area (Å²) < 4.78 is 2.69. The quantitative estimate of drug-likeness (QED) is 0.504. The molecule has 2 N–H and O–H groups in total.